The minimum absolute atomic E-state index is 0.0693. The first-order valence-corrected chi connectivity index (χ1v) is 9.15. The molecule has 0 fully saturated rings. The molecule has 1 aliphatic rings. The number of halogens is 1. The van der Waals surface area contributed by atoms with E-state index in [4.69, 9.17) is 11.6 Å². The van der Waals surface area contributed by atoms with Crippen LogP contribution in [0.15, 0.2) is 42.5 Å². The Morgan fingerprint density at radius 3 is 2.62 bits per heavy atom. The van der Waals surface area contributed by atoms with Gasteiger partial charge in [0.15, 0.2) is 0 Å². The lowest BCUT2D eigenvalue weighted by molar-refractivity contribution is -0.123. The van der Waals surface area contributed by atoms with Gasteiger partial charge in [0.2, 0.25) is 5.91 Å². The highest BCUT2D eigenvalue weighted by atomic mass is 35.5. The van der Waals surface area contributed by atoms with Crippen LogP contribution in [0.2, 0.25) is 5.02 Å². The molecule has 1 aliphatic heterocycles. The van der Waals surface area contributed by atoms with Crippen LogP contribution in [-0.2, 0) is 11.2 Å². The fourth-order valence-corrected chi connectivity index (χ4v) is 3.18. The number of carbonyl (C=O) groups excluding carboxylic acids is 2. The first kappa shape index (κ1) is 18.5. The van der Waals surface area contributed by atoms with E-state index < -0.39 is 5.41 Å². The number of nitrogens with one attached hydrogen (secondary N) is 1. The maximum Gasteiger partial charge on any atom is 0.258 e. The van der Waals surface area contributed by atoms with Gasteiger partial charge in [0.25, 0.3) is 5.91 Å². The summed E-state index contributed by atoms with van der Waals surface area (Å²) in [5, 5.41) is 3.56. The summed E-state index contributed by atoms with van der Waals surface area (Å²) in [6, 6.07) is 12.7. The number of amides is 2. The second-order valence-corrected chi connectivity index (χ2v) is 8.05. The summed E-state index contributed by atoms with van der Waals surface area (Å²) in [6.07, 6.45) is 1.82. The van der Waals surface area contributed by atoms with E-state index in [2.05, 4.69) is 5.32 Å². The van der Waals surface area contributed by atoms with Crippen molar-refractivity contribution in [1.29, 1.82) is 0 Å². The Labute approximate surface area is 159 Å². The third kappa shape index (κ3) is 3.91. The quantitative estimate of drug-likeness (QED) is 0.815. The number of anilines is 2. The standard InChI is InChI=1S/C21H23ClN2O2/c1-21(2,3)20(26)23-17-8-4-6-15(13-17)19(25)24-11-5-7-14-12-16(22)9-10-18(14)24/h4,6,8-10,12-13H,5,7,11H2,1-3H3,(H,23,26). The van der Waals surface area contributed by atoms with E-state index in [1.807, 2.05) is 39.0 Å². The van der Waals surface area contributed by atoms with Crippen LogP contribution in [0.25, 0.3) is 0 Å². The third-order valence-electron chi connectivity index (χ3n) is 4.45. The molecule has 3 rings (SSSR count). The highest BCUT2D eigenvalue weighted by Crippen LogP contribution is 2.31. The molecule has 2 aromatic carbocycles. The predicted molar refractivity (Wildman–Crippen MR) is 106 cm³/mol. The molecular formula is C21H23ClN2O2. The summed E-state index contributed by atoms with van der Waals surface area (Å²) in [4.78, 5) is 27.0. The zero-order valence-corrected chi connectivity index (χ0v) is 16.1. The van der Waals surface area contributed by atoms with Crippen LogP contribution in [0.3, 0.4) is 0 Å². The minimum Gasteiger partial charge on any atom is -0.326 e. The molecule has 1 heterocycles. The van der Waals surface area contributed by atoms with Crippen molar-refractivity contribution in [1.82, 2.24) is 0 Å². The molecule has 0 bridgehead atoms. The Hall–Kier alpha value is -2.33. The number of hydrogen-bond donors (Lipinski definition) is 1. The van der Waals surface area contributed by atoms with Crippen molar-refractivity contribution in [2.75, 3.05) is 16.8 Å². The van der Waals surface area contributed by atoms with Gasteiger partial charge in [0.1, 0.15) is 0 Å². The summed E-state index contributed by atoms with van der Waals surface area (Å²) in [5.74, 6) is -0.153. The van der Waals surface area contributed by atoms with Crippen LogP contribution in [0, 0.1) is 5.41 Å². The summed E-state index contributed by atoms with van der Waals surface area (Å²) < 4.78 is 0. The number of aryl methyl sites for hydroxylation is 1. The lowest BCUT2D eigenvalue weighted by atomic mass is 9.95. The number of benzene rings is 2. The lowest BCUT2D eigenvalue weighted by Gasteiger charge is -2.30. The van der Waals surface area contributed by atoms with Gasteiger partial charge < -0.3 is 10.2 Å². The van der Waals surface area contributed by atoms with Crippen LogP contribution in [0.5, 0.6) is 0 Å². The number of fused-ring (bicyclic) bond motifs is 1. The third-order valence-corrected chi connectivity index (χ3v) is 4.69. The normalized spacial score (nSPS) is 13.9. The summed E-state index contributed by atoms with van der Waals surface area (Å²) >= 11 is 6.08. The SMILES string of the molecule is CC(C)(C)C(=O)Nc1cccc(C(=O)N2CCCc3cc(Cl)ccc32)c1. The Balaban J connectivity index is 1.86. The number of carbonyl (C=O) groups is 2. The van der Waals surface area contributed by atoms with E-state index in [9.17, 15) is 9.59 Å². The maximum atomic E-state index is 13.1. The molecule has 5 heteroatoms. The van der Waals surface area contributed by atoms with Crippen LogP contribution in [0.1, 0.15) is 43.1 Å². The van der Waals surface area contributed by atoms with Gasteiger partial charge in [0.05, 0.1) is 0 Å². The molecule has 1 N–H and O–H groups in total. The van der Waals surface area contributed by atoms with E-state index in [0.29, 0.717) is 22.8 Å². The average Bonchev–Trinajstić information content (AvgIpc) is 2.59. The van der Waals surface area contributed by atoms with Gasteiger partial charge in [-0.15, -0.1) is 0 Å². The molecule has 2 amide bonds. The van der Waals surface area contributed by atoms with Crippen LogP contribution in [0.4, 0.5) is 11.4 Å². The summed E-state index contributed by atoms with van der Waals surface area (Å²) in [7, 11) is 0. The van der Waals surface area contributed by atoms with Crippen molar-refractivity contribution in [3.63, 3.8) is 0 Å². The molecule has 0 atom stereocenters. The number of nitrogens with zero attached hydrogens (tertiary/aromatic N) is 1. The first-order chi connectivity index (χ1) is 12.3. The molecule has 0 saturated heterocycles. The smallest absolute Gasteiger partial charge is 0.258 e. The molecule has 26 heavy (non-hydrogen) atoms. The van der Waals surface area contributed by atoms with Gasteiger partial charge in [0, 0.05) is 33.9 Å². The van der Waals surface area contributed by atoms with Gasteiger partial charge in [-0.25, -0.2) is 0 Å². The molecule has 4 nitrogen and oxygen atoms in total. The Morgan fingerprint density at radius 2 is 1.88 bits per heavy atom. The van der Waals surface area contributed by atoms with Gasteiger partial charge in [-0.1, -0.05) is 38.4 Å². The van der Waals surface area contributed by atoms with Crippen molar-refractivity contribution in [3.05, 3.63) is 58.6 Å². The summed E-state index contributed by atoms with van der Waals surface area (Å²) in [5.41, 5.74) is 2.69. The predicted octanol–water partition coefficient (Wildman–Crippen LogP) is 4.92. The van der Waals surface area contributed by atoms with Crippen molar-refractivity contribution in [3.8, 4) is 0 Å². The average molecular weight is 371 g/mol. The Bertz CT molecular complexity index is 855. The lowest BCUT2D eigenvalue weighted by Crippen LogP contribution is -2.35. The Morgan fingerprint density at radius 1 is 1.12 bits per heavy atom. The first-order valence-electron chi connectivity index (χ1n) is 8.77. The second-order valence-electron chi connectivity index (χ2n) is 7.62. The molecule has 0 aromatic heterocycles. The minimum atomic E-state index is -0.495. The zero-order valence-electron chi connectivity index (χ0n) is 15.3. The molecule has 0 saturated carbocycles. The zero-order chi connectivity index (χ0) is 18.9. The molecule has 2 aromatic rings. The fraction of sp³-hybridized carbons (Fsp3) is 0.333. The summed E-state index contributed by atoms with van der Waals surface area (Å²) in [6.45, 7) is 6.24. The largest absolute Gasteiger partial charge is 0.326 e. The van der Waals surface area contributed by atoms with E-state index in [-0.39, 0.29) is 11.8 Å². The topological polar surface area (TPSA) is 49.4 Å². The molecule has 0 spiro atoms. The second kappa shape index (κ2) is 7.12. The van der Waals surface area contributed by atoms with Crippen molar-refractivity contribution in [2.45, 2.75) is 33.6 Å². The molecule has 136 valence electrons. The monoisotopic (exact) mass is 370 g/mol. The Kier molecular flexibility index (Phi) is 5.05. The van der Waals surface area contributed by atoms with Gasteiger partial charge in [-0.3, -0.25) is 9.59 Å². The molecule has 0 unspecified atom stereocenters. The van der Waals surface area contributed by atoms with Crippen LogP contribution >= 0.6 is 11.6 Å². The highest BCUT2D eigenvalue weighted by Gasteiger charge is 2.25. The van der Waals surface area contributed by atoms with Gasteiger partial charge in [-0.05, 0) is 54.8 Å². The number of hydrogen-bond acceptors (Lipinski definition) is 2. The van der Waals surface area contributed by atoms with Crippen molar-refractivity contribution >= 4 is 34.8 Å². The molecular weight excluding hydrogens is 348 g/mol. The molecule has 0 aliphatic carbocycles. The van der Waals surface area contributed by atoms with Crippen LogP contribution < -0.4 is 10.2 Å². The highest BCUT2D eigenvalue weighted by molar-refractivity contribution is 6.30. The van der Waals surface area contributed by atoms with E-state index >= 15 is 0 Å². The van der Waals surface area contributed by atoms with E-state index in [1.54, 1.807) is 29.2 Å². The fourth-order valence-electron chi connectivity index (χ4n) is 2.98. The molecule has 0 radical (unpaired) electrons. The van der Waals surface area contributed by atoms with Gasteiger partial charge >= 0.3 is 0 Å². The van der Waals surface area contributed by atoms with E-state index in [0.717, 1.165) is 24.1 Å². The van der Waals surface area contributed by atoms with Crippen LogP contribution in [-0.4, -0.2) is 18.4 Å². The van der Waals surface area contributed by atoms with Gasteiger partial charge in [-0.2, -0.15) is 0 Å². The van der Waals surface area contributed by atoms with E-state index in [1.165, 1.54) is 0 Å². The maximum absolute atomic E-state index is 13.1. The van der Waals surface area contributed by atoms with Crippen molar-refractivity contribution in [2.24, 2.45) is 5.41 Å². The van der Waals surface area contributed by atoms with Crippen molar-refractivity contribution < 1.29 is 9.59 Å². The number of rotatable bonds is 2.